The zero-order valence-electron chi connectivity index (χ0n) is 11.0. The van der Waals surface area contributed by atoms with Crippen LogP contribution >= 0.6 is 23.2 Å². The molecule has 108 valence electrons. The summed E-state index contributed by atoms with van der Waals surface area (Å²) in [6.45, 7) is 0. The third kappa shape index (κ3) is 4.51. The van der Waals surface area contributed by atoms with Crippen LogP contribution in [0.15, 0.2) is 24.3 Å². The number of halogens is 2. The van der Waals surface area contributed by atoms with Crippen molar-refractivity contribution in [2.24, 2.45) is 0 Å². The van der Waals surface area contributed by atoms with Gasteiger partial charge in [-0.25, -0.2) is 0 Å². The summed E-state index contributed by atoms with van der Waals surface area (Å²) in [4.78, 5) is 11.8. The Morgan fingerprint density at radius 3 is 2.50 bits per heavy atom. The number of aliphatic hydroxyl groups excluding tert-OH is 1. The van der Waals surface area contributed by atoms with Crippen LogP contribution in [-0.2, 0) is 4.79 Å². The third-order valence-electron chi connectivity index (χ3n) is 3.37. The highest BCUT2D eigenvalue weighted by Crippen LogP contribution is 2.20. The smallest absolute Gasteiger partial charge is 0.244 e. The number of rotatable bonds is 3. The van der Waals surface area contributed by atoms with Gasteiger partial charge >= 0.3 is 0 Å². The highest BCUT2D eigenvalue weighted by Gasteiger charge is 2.23. The van der Waals surface area contributed by atoms with Gasteiger partial charge in [-0.15, -0.1) is 0 Å². The summed E-state index contributed by atoms with van der Waals surface area (Å²) in [5, 5.41) is 13.7. The van der Waals surface area contributed by atoms with Gasteiger partial charge < -0.3 is 10.4 Å². The standard InChI is InChI=1S/C15H17Cl2NO2/c16-11-7-10(8-12(17)9-11)5-6-15(20)18-13-3-1-2-4-14(13)19/h5-9,13-14,19H,1-4H2,(H,18,20). The maximum Gasteiger partial charge on any atom is 0.244 e. The van der Waals surface area contributed by atoms with Crippen molar-refractivity contribution >= 4 is 35.2 Å². The predicted molar refractivity (Wildman–Crippen MR) is 81.9 cm³/mol. The second kappa shape index (κ2) is 7.11. The van der Waals surface area contributed by atoms with E-state index < -0.39 is 6.10 Å². The minimum absolute atomic E-state index is 0.149. The maximum atomic E-state index is 11.8. The topological polar surface area (TPSA) is 49.3 Å². The number of carbonyl (C=O) groups excluding carboxylic acids is 1. The van der Waals surface area contributed by atoms with E-state index >= 15 is 0 Å². The van der Waals surface area contributed by atoms with Crippen LogP contribution in [0.2, 0.25) is 10.0 Å². The first-order valence-electron chi connectivity index (χ1n) is 6.67. The Balaban J connectivity index is 1.94. The number of nitrogens with one attached hydrogen (secondary N) is 1. The molecule has 5 heteroatoms. The number of benzene rings is 1. The fourth-order valence-electron chi connectivity index (χ4n) is 2.35. The van der Waals surface area contributed by atoms with Gasteiger partial charge in [0.15, 0.2) is 0 Å². The lowest BCUT2D eigenvalue weighted by molar-refractivity contribution is -0.118. The first kappa shape index (κ1) is 15.4. The Labute approximate surface area is 128 Å². The summed E-state index contributed by atoms with van der Waals surface area (Å²) in [7, 11) is 0. The van der Waals surface area contributed by atoms with Crippen molar-refractivity contribution in [1.82, 2.24) is 5.32 Å². The Kier molecular flexibility index (Phi) is 5.46. The zero-order valence-corrected chi connectivity index (χ0v) is 12.5. The largest absolute Gasteiger partial charge is 0.391 e. The van der Waals surface area contributed by atoms with Crippen LogP contribution in [0.5, 0.6) is 0 Å². The van der Waals surface area contributed by atoms with Crippen molar-refractivity contribution in [1.29, 1.82) is 0 Å². The lowest BCUT2D eigenvalue weighted by atomic mass is 9.92. The van der Waals surface area contributed by atoms with Crippen molar-refractivity contribution in [3.63, 3.8) is 0 Å². The Bertz CT molecular complexity index is 496. The quantitative estimate of drug-likeness (QED) is 0.840. The molecule has 1 fully saturated rings. The number of hydrogen-bond donors (Lipinski definition) is 2. The van der Waals surface area contributed by atoms with Crippen LogP contribution in [-0.4, -0.2) is 23.2 Å². The van der Waals surface area contributed by atoms with E-state index in [2.05, 4.69) is 5.32 Å². The van der Waals surface area contributed by atoms with Crippen LogP contribution in [0.1, 0.15) is 31.2 Å². The first-order chi connectivity index (χ1) is 9.54. The Morgan fingerprint density at radius 2 is 1.85 bits per heavy atom. The lowest BCUT2D eigenvalue weighted by Crippen LogP contribution is -2.44. The molecular formula is C15H17Cl2NO2. The molecule has 2 rings (SSSR count). The van der Waals surface area contributed by atoms with Crippen molar-refractivity contribution < 1.29 is 9.90 Å². The molecule has 2 atom stereocenters. The third-order valence-corrected chi connectivity index (χ3v) is 3.81. The van der Waals surface area contributed by atoms with Crippen LogP contribution < -0.4 is 5.32 Å². The molecule has 0 radical (unpaired) electrons. The fourth-order valence-corrected chi connectivity index (χ4v) is 2.90. The normalized spacial score (nSPS) is 22.9. The average Bonchev–Trinajstić information content (AvgIpc) is 2.38. The van der Waals surface area contributed by atoms with Crippen LogP contribution in [0.4, 0.5) is 0 Å². The molecule has 2 N–H and O–H groups in total. The summed E-state index contributed by atoms with van der Waals surface area (Å²) in [5.41, 5.74) is 0.766. The van der Waals surface area contributed by atoms with Crippen molar-refractivity contribution in [3.8, 4) is 0 Å². The molecule has 2 unspecified atom stereocenters. The molecule has 1 aliphatic carbocycles. The molecule has 1 aromatic rings. The molecule has 1 aliphatic rings. The molecular weight excluding hydrogens is 297 g/mol. The molecule has 0 saturated heterocycles. The highest BCUT2D eigenvalue weighted by atomic mass is 35.5. The van der Waals surface area contributed by atoms with Gasteiger partial charge in [-0.2, -0.15) is 0 Å². The zero-order chi connectivity index (χ0) is 14.5. The van der Waals surface area contributed by atoms with Crippen LogP contribution in [0.25, 0.3) is 6.08 Å². The molecule has 3 nitrogen and oxygen atoms in total. The molecule has 0 aromatic heterocycles. The van der Waals surface area contributed by atoms with Crippen molar-refractivity contribution in [2.45, 2.75) is 37.8 Å². The van der Waals surface area contributed by atoms with E-state index in [9.17, 15) is 9.90 Å². The van der Waals surface area contributed by atoms with Crippen molar-refractivity contribution in [2.75, 3.05) is 0 Å². The van der Waals surface area contributed by atoms with Crippen LogP contribution in [0.3, 0.4) is 0 Å². The molecule has 0 heterocycles. The van der Waals surface area contributed by atoms with Gasteiger partial charge in [0.2, 0.25) is 5.91 Å². The molecule has 1 saturated carbocycles. The van der Waals surface area contributed by atoms with Gasteiger partial charge in [-0.1, -0.05) is 36.0 Å². The monoisotopic (exact) mass is 313 g/mol. The summed E-state index contributed by atoms with van der Waals surface area (Å²) in [6, 6.07) is 4.95. The number of aliphatic hydroxyl groups is 1. The summed E-state index contributed by atoms with van der Waals surface area (Å²) in [5.74, 6) is -0.216. The Hall–Kier alpha value is -1.03. The van der Waals surface area contributed by atoms with Crippen molar-refractivity contribution in [3.05, 3.63) is 39.9 Å². The minimum atomic E-state index is -0.443. The minimum Gasteiger partial charge on any atom is -0.391 e. The Morgan fingerprint density at radius 1 is 1.20 bits per heavy atom. The second-order valence-corrected chi connectivity index (χ2v) is 5.88. The average molecular weight is 314 g/mol. The number of hydrogen-bond acceptors (Lipinski definition) is 2. The van der Waals surface area contributed by atoms with E-state index in [0.29, 0.717) is 10.0 Å². The highest BCUT2D eigenvalue weighted by molar-refractivity contribution is 6.34. The number of carbonyl (C=O) groups is 1. The van der Waals surface area contributed by atoms with Crippen LogP contribution in [0, 0.1) is 0 Å². The fraction of sp³-hybridized carbons (Fsp3) is 0.400. The predicted octanol–water partition coefficient (Wildman–Crippen LogP) is 3.43. The summed E-state index contributed by atoms with van der Waals surface area (Å²) in [6.07, 6.45) is 6.27. The van der Waals surface area contributed by atoms with Gasteiger partial charge in [0.1, 0.15) is 0 Å². The second-order valence-electron chi connectivity index (χ2n) is 5.00. The van der Waals surface area contributed by atoms with Gasteiger partial charge in [0.05, 0.1) is 12.1 Å². The van der Waals surface area contributed by atoms with E-state index in [-0.39, 0.29) is 11.9 Å². The molecule has 0 bridgehead atoms. The first-order valence-corrected chi connectivity index (χ1v) is 7.43. The molecule has 0 aliphatic heterocycles. The molecule has 1 amide bonds. The SMILES string of the molecule is O=C(C=Cc1cc(Cl)cc(Cl)c1)NC1CCCCC1O. The summed E-state index contributed by atoms with van der Waals surface area (Å²) >= 11 is 11.8. The van der Waals surface area contributed by atoms with E-state index in [1.807, 2.05) is 0 Å². The number of amides is 1. The molecule has 1 aromatic carbocycles. The van der Waals surface area contributed by atoms with Gasteiger partial charge in [0, 0.05) is 16.1 Å². The maximum absolute atomic E-state index is 11.8. The van der Waals surface area contributed by atoms with Gasteiger partial charge in [0.25, 0.3) is 0 Å². The van der Waals surface area contributed by atoms with E-state index in [1.165, 1.54) is 6.08 Å². The van der Waals surface area contributed by atoms with E-state index in [1.54, 1.807) is 24.3 Å². The molecule has 20 heavy (non-hydrogen) atoms. The van der Waals surface area contributed by atoms with Gasteiger partial charge in [-0.05, 0) is 42.7 Å². The summed E-state index contributed by atoms with van der Waals surface area (Å²) < 4.78 is 0. The molecule has 0 spiro atoms. The van der Waals surface area contributed by atoms with E-state index in [4.69, 9.17) is 23.2 Å². The van der Waals surface area contributed by atoms with E-state index in [0.717, 1.165) is 31.2 Å². The lowest BCUT2D eigenvalue weighted by Gasteiger charge is -2.27. The van der Waals surface area contributed by atoms with Gasteiger partial charge in [-0.3, -0.25) is 4.79 Å².